The van der Waals surface area contributed by atoms with Crippen molar-refractivity contribution in [2.24, 2.45) is 5.92 Å². The maximum Gasteiger partial charge on any atom is 0.135 e. The van der Waals surface area contributed by atoms with E-state index in [4.69, 9.17) is 9.72 Å². The minimum Gasteiger partial charge on any atom is -0.384 e. The fraction of sp³-hybridized carbons (Fsp3) is 0.714. The first-order valence-corrected chi connectivity index (χ1v) is 7.84. The number of anilines is 1. The molecule has 0 amide bonds. The predicted octanol–water partition coefficient (Wildman–Crippen LogP) is 2.98. The molecule has 4 nitrogen and oxygen atoms in total. The van der Waals surface area contributed by atoms with E-state index in [0.29, 0.717) is 11.8 Å². The molecule has 2 heterocycles. The number of hydrogen-bond donors (Lipinski definition) is 0. The molecule has 0 unspecified atom stereocenters. The first kappa shape index (κ1) is 13.3. The lowest BCUT2D eigenvalue weighted by atomic mass is 9.98. The van der Waals surface area contributed by atoms with E-state index in [1.165, 1.54) is 25.7 Å². The minimum atomic E-state index is 0.599. The number of nitrogens with zero attached hydrogens (tertiary/aromatic N) is 3. The third-order valence-electron chi connectivity index (χ3n) is 3.98. The lowest BCUT2D eigenvalue weighted by molar-refractivity contribution is 0.139. The highest BCUT2D eigenvalue weighted by molar-refractivity contribution is 9.10. The monoisotopic (exact) mass is 325 g/mol. The van der Waals surface area contributed by atoms with Crippen molar-refractivity contribution in [3.8, 4) is 0 Å². The molecule has 0 bridgehead atoms. The van der Waals surface area contributed by atoms with Gasteiger partial charge in [0.25, 0.3) is 0 Å². The van der Waals surface area contributed by atoms with Gasteiger partial charge in [0.1, 0.15) is 16.2 Å². The second-order valence-electron chi connectivity index (χ2n) is 5.57. The molecule has 0 N–H and O–H groups in total. The Hall–Kier alpha value is -0.680. The largest absolute Gasteiger partial charge is 0.384 e. The van der Waals surface area contributed by atoms with Gasteiger partial charge in [-0.3, -0.25) is 0 Å². The van der Waals surface area contributed by atoms with Crippen LogP contribution >= 0.6 is 15.9 Å². The summed E-state index contributed by atoms with van der Waals surface area (Å²) in [5.74, 6) is 3.40. The maximum absolute atomic E-state index is 5.25. The fourth-order valence-corrected chi connectivity index (χ4v) is 3.06. The highest BCUT2D eigenvalue weighted by Gasteiger charge is 2.28. The van der Waals surface area contributed by atoms with Crippen molar-refractivity contribution < 1.29 is 4.74 Å². The van der Waals surface area contributed by atoms with Gasteiger partial charge in [-0.1, -0.05) is 0 Å². The van der Waals surface area contributed by atoms with Crippen molar-refractivity contribution in [2.75, 3.05) is 31.7 Å². The summed E-state index contributed by atoms with van der Waals surface area (Å²) >= 11 is 3.51. The summed E-state index contributed by atoms with van der Waals surface area (Å²) in [4.78, 5) is 11.6. The molecule has 5 heteroatoms. The number of halogens is 1. The quantitative estimate of drug-likeness (QED) is 0.798. The SMILES string of the molecule is COCC1CCN(c2cc(Br)nc(C3CC3)n2)CC1. The number of aromatic nitrogens is 2. The lowest BCUT2D eigenvalue weighted by Gasteiger charge is -2.32. The molecule has 1 aromatic heterocycles. The average Bonchev–Trinajstić information content (AvgIpc) is 3.23. The Labute approximate surface area is 122 Å². The van der Waals surface area contributed by atoms with E-state index in [9.17, 15) is 0 Å². The summed E-state index contributed by atoms with van der Waals surface area (Å²) in [6.07, 6.45) is 4.86. The number of methoxy groups -OCH3 is 1. The molecular weight excluding hydrogens is 306 g/mol. The van der Waals surface area contributed by atoms with Crippen molar-refractivity contribution in [3.05, 3.63) is 16.5 Å². The molecule has 2 aliphatic rings. The first-order valence-electron chi connectivity index (χ1n) is 7.04. The van der Waals surface area contributed by atoms with Crippen molar-refractivity contribution in [3.63, 3.8) is 0 Å². The zero-order chi connectivity index (χ0) is 13.2. The van der Waals surface area contributed by atoms with Crippen molar-refractivity contribution in [1.29, 1.82) is 0 Å². The van der Waals surface area contributed by atoms with E-state index in [2.05, 4.69) is 25.8 Å². The van der Waals surface area contributed by atoms with E-state index in [1.54, 1.807) is 7.11 Å². The molecule has 0 spiro atoms. The zero-order valence-corrected chi connectivity index (χ0v) is 12.9. The normalized spacial score (nSPS) is 20.8. The second kappa shape index (κ2) is 5.75. The smallest absolute Gasteiger partial charge is 0.135 e. The second-order valence-corrected chi connectivity index (χ2v) is 6.38. The zero-order valence-electron chi connectivity index (χ0n) is 11.3. The van der Waals surface area contributed by atoms with Gasteiger partial charge in [0.05, 0.1) is 0 Å². The molecule has 1 saturated carbocycles. The summed E-state index contributed by atoms with van der Waals surface area (Å²) in [6, 6.07) is 2.04. The van der Waals surface area contributed by atoms with E-state index >= 15 is 0 Å². The van der Waals surface area contributed by atoms with Gasteiger partial charge in [0.2, 0.25) is 0 Å². The van der Waals surface area contributed by atoms with Crippen LogP contribution < -0.4 is 4.90 Å². The summed E-state index contributed by atoms with van der Waals surface area (Å²) in [5.41, 5.74) is 0. The Morgan fingerprint density at radius 1 is 1.26 bits per heavy atom. The highest BCUT2D eigenvalue weighted by Crippen LogP contribution is 2.39. The van der Waals surface area contributed by atoms with Gasteiger partial charge in [-0.25, -0.2) is 9.97 Å². The van der Waals surface area contributed by atoms with Crippen LogP contribution in [0.15, 0.2) is 10.7 Å². The van der Waals surface area contributed by atoms with Crippen LogP contribution in [-0.2, 0) is 4.74 Å². The molecule has 1 aliphatic carbocycles. The van der Waals surface area contributed by atoms with Crippen molar-refractivity contribution in [1.82, 2.24) is 9.97 Å². The Kier molecular flexibility index (Phi) is 4.03. The number of piperidine rings is 1. The number of hydrogen-bond acceptors (Lipinski definition) is 4. The summed E-state index contributed by atoms with van der Waals surface area (Å²) in [6.45, 7) is 3.03. The van der Waals surface area contributed by atoms with Crippen LogP contribution in [0.25, 0.3) is 0 Å². The predicted molar refractivity (Wildman–Crippen MR) is 78.5 cm³/mol. The van der Waals surface area contributed by atoms with E-state index in [1.807, 2.05) is 6.07 Å². The molecule has 0 radical (unpaired) electrons. The van der Waals surface area contributed by atoms with Gasteiger partial charge in [0, 0.05) is 38.8 Å². The molecule has 1 aromatic rings. The molecular formula is C14H20BrN3O. The van der Waals surface area contributed by atoms with E-state index < -0.39 is 0 Å². The molecule has 1 aliphatic heterocycles. The average molecular weight is 326 g/mol. The fourth-order valence-electron chi connectivity index (χ4n) is 2.67. The standard InChI is InChI=1S/C14H20BrN3O/c1-19-9-10-4-6-18(7-5-10)13-8-12(15)16-14(17-13)11-2-3-11/h8,10-11H,2-7,9H2,1H3. The third-order valence-corrected chi connectivity index (χ3v) is 4.39. The molecule has 3 rings (SSSR count). The minimum absolute atomic E-state index is 0.599. The summed E-state index contributed by atoms with van der Waals surface area (Å²) in [5, 5.41) is 0. The molecule has 19 heavy (non-hydrogen) atoms. The van der Waals surface area contributed by atoms with Gasteiger partial charge in [-0.05, 0) is 47.5 Å². The molecule has 2 fully saturated rings. The Balaban J connectivity index is 1.69. The third kappa shape index (κ3) is 3.26. The summed E-state index contributed by atoms with van der Waals surface area (Å²) < 4.78 is 6.16. The van der Waals surface area contributed by atoms with Crippen molar-refractivity contribution >= 4 is 21.7 Å². The molecule has 0 aromatic carbocycles. The maximum atomic E-state index is 5.25. The Morgan fingerprint density at radius 2 is 2.00 bits per heavy atom. The van der Waals surface area contributed by atoms with Crippen molar-refractivity contribution in [2.45, 2.75) is 31.6 Å². The first-order chi connectivity index (χ1) is 9.26. The topological polar surface area (TPSA) is 38.2 Å². The molecule has 104 valence electrons. The molecule has 0 atom stereocenters. The Bertz CT molecular complexity index is 442. The number of rotatable bonds is 4. The highest BCUT2D eigenvalue weighted by atomic mass is 79.9. The van der Waals surface area contributed by atoms with E-state index in [-0.39, 0.29) is 0 Å². The van der Waals surface area contributed by atoms with Gasteiger partial charge >= 0.3 is 0 Å². The van der Waals surface area contributed by atoms with Crippen LogP contribution in [0.2, 0.25) is 0 Å². The van der Waals surface area contributed by atoms with Crippen LogP contribution in [-0.4, -0.2) is 36.8 Å². The van der Waals surface area contributed by atoms with Crippen LogP contribution in [0.3, 0.4) is 0 Å². The van der Waals surface area contributed by atoms with Crippen LogP contribution in [0.1, 0.15) is 37.4 Å². The summed E-state index contributed by atoms with van der Waals surface area (Å²) in [7, 11) is 1.79. The van der Waals surface area contributed by atoms with E-state index in [0.717, 1.165) is 35.9 Å². The molecule has 1 saturated heterocycles. The van der Waals surface area contributed by atoms with Gasteiger partial charge in [0.15, 0.2) is 0 Å². The van der Waals surface area contributed by atoms with Gasteiger partial charge in [-0.2, -0.15) is 0 Å². The van der Waals surface area contributed by atoms with Gasteiger partial charge in [-0.15, -0.1) is 0 Å². The Morgan fingerprint density at radius 3 is 2.63 bits per heavy atom. The van der Waals surface area contributed by atoms with Crippen LogP contribution in [0, 0.1) is 5.92 Å². The lowest BCUT2D eigenvalue weighted by Crippen LogP contribution is -2.35. The van der Waals surface area contributed by atoms with Gasteiger partial charge < -0.3 is 9.64 Å². The van der Waals surface area contributed by atoms with Crippen LogP contribution in [0.5, 0.6) is 0 Å². The number of ether oxygens (including phenoxy) is 1. The van der Waals surface area contributed by atoms with Crippen LogP contribution in [0.4, 0.5) is 5.82 Å².